The number of hydrogen-bond donors (Lipinski definition) is 2. The fourth-order valence-corrected chi connectivity index (χ4v) is 2.43. The van der Waals surface area contributed by atoms with Crippen LogP contribution in [0.2, 0.25) is 0 Å². The van der Waals surface area contributed by atoms with Crippen LogP contribution in [0.25, 0.3) is 0 Å². The van der Waals surface area contributed by atoms with Crippen molar-refractivity contribution in [1.29, 1.82) is 0 Å². The van der Waals surface area contributed by atoms with Crippen LogP contribution in [-0.4, -0.2) is 31.2 Å². The summed E-state index contributed by atoms with van der Waals surface area (Å²) in [6.45, 7) is 4.01. The number of guanidine groups is 1. The van der Waals surface area contributed by atoms with Gasteiger partial charge >= 0.3 is 0 Å². The summed E-state index contributed by atoms with van der Waals surface area (Å²) in [5, 5.41) is 6.54. The fraction of sp³-hybridized carbons (Fsp3) is 0.333. The van der Waals surface area contributed by atoms with Gasteiger partial charge in [-0.15, -0.1) is 0 Å². The molecule has 2 aromatic rings. The molecule has 2 heterocycles. The van der Waals surface area contributed by atoms with Crippen molar-refractivity contribution in [2.75, 3.05) is 25.6 Å². The number of aliphatic imine (C=N–C) groups is 1. The van der Waals surface area contributed by atoms with Crippen molar-refractivity contribution in [3.05, 3.63) is 47.8 Å². The first-order chi connectivity index (χ1) is 11.8. The van der Waals surface area contributed by atoms with Crippen LogP contribution in [0.15, 0.2) is 41.5 Å². The topological polar surface area (TPSA) is 67.8 Å². The number of aromatic nitrogens is 1. The normalized spacial score (nSPS) is 14.0. The van der Waals surface area contributed by atoms with Crippen molar-refractivity contribution in [1.82, 2.24) is 10.3 Å². The van der Waals surface area contributed by atoms with Crippen LogP contribution in [0.4, 0.5) is 5.69 Å². The van der Waals surface area contributed by atoms with Crippen LogP contribution in [0.3, 0.4) is 0 Å². The second-order valence-corrected chi connectivity index (χ2v) is 5.53. The van der Waals surface area contributed by atoms with E-state index in [-0.39, 0.29) is 0 Å². The highest BCUT2D eigenvalue weighted by Gasteiger charge is 2.11. The van der Waals surface area contributed by atoms with E-state index < -0.39 is 0 Å². The first kappa shape index (κ1) is 16.1. The number of fused-ring (bicyclic) bond motifs is 1. The van der Waals surface area contributed by atoms with E-state index in [4.69, 9.17) is 9.47 Å². The maximum atomic E-state index is 5.71. The molecule has 0 unspecified atom stereocenters. The van der Waals surface area contributed by atoms with Crippen molar-refractivity contribution in [3.8, 4) is 11.5 Å². The van der Waals surface area contributed by atoms with Crippen molar-refractivity contribution >= 4 is 11.6 Å². The van der Waals surface area contributed by atoms with Gasteiger partial charge in [-0.3, -0.25) is 9.98 Å². The van der Waals surface area contributed by atoms with E-state index in [0.717, 1.165) is 34.9 Å². The molecule has 2 N–H and O–H groups in total. The third-order valence-electron chi connectivity index (χ3n) is 3.77. The smallest absolute Gasteiger partial charge is 0.195 e. The minimum absolute atomic E-state index is 0.608. The summed E-state index contributed by atoms with van der Waals surface area (Å²) in [7, 11) is 1.74. The molecular weight excluding hydrogens is 304 g/mol. The lowest BCUT2D eigenvalue weighted by Gasteiger charge is -2.14. The molecule has 0 amide bonds. The van der Waals surface area contributed by atoms with Gasteiger partial charge in [0.2, 0.25) is 0 Å². The average molecular weight is 326 g/mol. The van der Waals surface area contributed by atoms with Crippen LogP contribution in [0.5, 0.6) is 11.5 Å². The number of nitrogens with one attached hydrogen (secondary N) is 2. The molecule has 0 saturated heterocycles. The number of hydrogen-bond acceptors (Lipinski definition) is 4. The number of rotatable bonds is 3. The molecule has 6 nitrogen and oxygen atoms in total. The van der Waals surface area contributed by atoms with Gasteiger partial charge in [-0.05, 0) is 30.7 Å². The van der Waals surface area contributed by atoms with Gasteiger partial charge in [0.05, 0.1) is 25.5 Å². The Morgan fingerprint density at radius 2 is 2.04 bits per heavy atom. The van der Waals surface area contributed by atoms with Crippen LogP contribution in [0.1, 0.15) is 17.7 Å². The zero-order valence-corrected chi connectivity index (χ0v) is 14.0. The van der Waals surface area contributed by atoms with E-state index in [2.05, 4.69) is 20.6 Å². The number of aryl methyl sites for hydroxylation is 1. The van der Waals surface area contributed by atoms with Crippen LogP contribution in [-0.2, 0) is 6.54 Å². The second-order valence-electron chi connectivity index (χ2n) is 5.53. The lowest BCUT2D eigenvalue weighted by atomic mass is 10.2. The Hall–Kier alpha value is -2.76. The predicted octanol–water partition coefficient (Wildman–Crippen LogP) is 2.74. The van der Waals surface area contributed by atoms with Crippen LogP contribution >= 0.6 is 0 Å². The summed E-state index contributed by atoms with van der Waals surface area (Å²) >= 11 is 0. The Kier molecular flexibility index (Phi) is 5.15. The third-order valence-corrected chi connectivity index (χ3v) is 3.77. The number of benzene rings is 1. The molecule has 0 bridgehead atoms. The monoisotopic (exact) mass is 326 g/mol. The van der Waals surface area contributed by atoms with E-state index in [0.29, 0.717) is 25.7 Å². The number of pyridine rings is 1. The minimum Gasteiger partial charge on any atom is -0.490 e. The minimum atomic E-state index is 0.608. The van der Waals surface area contributed by atoms with Crippen molar-refractivity contribution in [2.45, 2.75) is 19.9 Å². The molecule has 24 heavy (non-hydrogen) atoms. The molecule has 0 saturated carbocycles. The van der Waals surface area contributed by atoms with E-state index in [1.54, 1.807) is 13.2 Å². The number of nitrogens with zero attached hydrogens (tertiary/aromatic N) is 2. The average Bonchev–Trinajstić information content (AvgIpc) is 2.84. The first-order valence-corrected chi connectivity index (χ1v) is 8.04. The maximum Gasteiger partial charge on any atom is 0.195 e. The molecule has 1 aliphatic heterocycles. The van der Waals surface area contributed by atoms with Gasteiger partial charge in [-0.2, -0.15) is 0 Å². The first-order valence-electron chi connectivity index (χ1n) is 8.04. The fourth-order valence-electron chi connectivity index (χ4n) is 2.43. The SMILES string of the molecule is CN=C(NCc1ncccc1C)Nc1ccc2c(c1)OCCCO2. The summed E-state index contributed by atoms with van der Waals surface area (Å²) < 4.78 is 11.4. The van der Waals surface area contributed by atoms with E-state index in [1.165, 1.54) is 0 Å². The molecule has 0 spiro atoms. The maximum absolute atomic E-state index is 5.71. The van der Waals surface area contributed by atoms with E-state index >= 15 is 0 Å². The zero-order valence-electron chi connectivity index (χ0n) is 14.0. The van der Waals surface area contributed by atoms with Gasteiger partial charge < -0.3 is 20.1 Å². The largest absolute Gasteiger partial charge is 0.490 e. The summed E-state index contributed by atoms with van der Waals surface area (Å²) in [6, 6.07) is 9.78. The van der Waals surface area contributed by atoms with Crippen molar-refractivity contribution in [2.24, 2.45) is 4.99 Å². The second kappa shape index (κ2) is 7.68. The molecule has 0 fully saturated rings. The van der Waals surface area contributed by atoms with Crippen molar-refractivity contribution in [3.63, 3.8) is 0 Å². The van der Waals surface area contributed by atoms with Crippen LogP contribution < -0.4 is 20.1 Å². The molecule has 3 rings (SSSR count). The lowest BCUT2D eigenvalue weighted by Crippen LogP contribution is -2.30. The predicted molar refractivity (Wildman–Crippen MR) is 94.8 cm³/mol. The van der Waals surface area contributed by atoms with Gasteiger partial charge in [0.1, 0.15) is 0 Å². The Labute approximate surface area is 141 Å². The summed E-state index contributed by atoms with van der Waals surface area (Å²) in [5.74, 6) is 2.22. The Morgan fingerprint density at radius 1 is 1.21 bits per heavy atom. The zero-order chi connectivity index (χ0) is 16.8. The third kappa shape index (κ3) is 3.95. The van der Waals surface area contributed by atoms with Gasteiger partial charge in [-0.1, -0.05) is 6.07 Å². The standard InChI is InChI=1S/C18H22N4O2/c1-13-5-3-8-20-15(13)12-21-18(19-2)22-14-6-7-16-17(11-14)24-10-4-9-23-16/h3,5-8,11H,4,9-10,12H2,1-2H3,(H2,19,21,22). The summed E-state index contributed by atoms with van der Waals surface area (Å²) in [5.41, 5.74) is 3.04. The van der Waals surface area contributed by atoms with Gasteiger partial charge in [0.15, 0.2) is 17.5 Å². The van der Waals surface area contributed by atoms with Gasteiger partial charge in [0, 0.05) is 31.4 Å². The van der Waals surface area contributed by atoms with Crippen molar-refractivity contribution < 1.29 is 9.47 Å². The Bertz CT molecular complexity index is 731. The summed E-state index contributed by atoms with van der Waals surface area (Å²) in [6.07, 6.45) is 2.69. The summed E-state index contributed by atoms with van der Waals surface area (Å²) in [4.78, 5) is 8.63. The quantitative estimate of drug-likeness (QED) is 0.670. The van der Waals surface area contributed by atoms with E-state index in [9.17, 15) is 0 Å². The Morgan fingerprint density at radius 3 is 2.83 bits per heavy atom. The highest BCUT2D eigenvalue weighted by Crippen LogP contribution is 2.32. The molecule has 1 aliphatic rings. The molecular formula is C18H22N4O2. The highest BCUT2D eigenvalue weighted by molar-refractivity contribution is 5.93. The molecule has 1 aromatic carbocycles. The lowest BCUT2D eigenvalue weighted by molar-refractivity contribution is 0.297. The number of ether oxygens (including phenoxy) is 2. The van der Waals surface area contributed by atoms with Gasteiger partial charge in [-0.25, -0.2) is 0 Å². The Balaban J connectivity index is 1.65. The molecule has 0 atom stereocenters. The van der Waals surface area contributed by atoms with Crippen LogP contribution in [0, 0.1) is 6.92 Å². The molecule has 0 aliphatic carbocycles. The molecule has 0 radical (unpaired) electrons. The molecule has 1 aromatic heterocycles. The molecule has 6 heteroatoms. The van der Waals surface area contributed by atoms with E-state index in [1.807, 2.05) is 37.3 Å². The highest BCUT2D eigenvalue weighted by atomic mass is 16.5. The van der Waals surface area contributed by atoms with Gasteiger partial charge in [0.25, 0.3) is 0 Å². The number of anilines is 1. The molecule has 126 valence electrons.